The lowest BCUT2D eigenvalue weighted by Gasteiger charge is -2.41. The summed E-state index contributed by atoms with van der Waals surface area (Å²) in [6, 6.07) is 0. The number of hydrogen-bond donors (Lipinski definition) is 1. The van der Waals surface area contributed by atoms with Crippen molar-refractivity contribution in [2.24, 2.45) is 11.8 Å². The number of aliphatic hydroxyl groups is 1. The van der Waals surface area contributed by atoms with E-state index in [2.05, 4.69) is 13.8 Å². The van der Waals surface area contributed by atoms with Gasteiger partial charge in [0.05, 0.1) is 19.3 Å². The van der Waals surface area contributed by atoms with E-state index in [0.29, 0.717) is 13.2 Å². The molecule has 3 atom stereocenters. The molecule has 1 aliphatic heterocycles. The van der Waals surface area contributed by atoms with Gasteiger partial charge in [-0.2, -0.15) is 0 Å². The highest BCUT2D eigenvalue weighted by atomic mass is 16.7. The number of aliphatic hydroxyl groups excluding tert-OH is 1. The Morgan fingerprint density at radius 1 is 1.08 bits per heavy atom. The maximum atomic E-state index is 9.78. The molecule has 0 aromatic rings. The molecule has 1 unspecified atom stereocenters. The third-order valence-corrected chi connectivity index (χ3v) is 3.25. The standard InChI is InChI=1S/C10H18O3/c1-7-5-10(12-3-4-13-10)6-8(2)9(7)11/h7-9,11H,3-6H2,1-2H3/t7-,8+,9?. The zero-order chi connectivity index (χ0) is 9.47. The summed E-state index contributed by atoms with van der Waals surface area (Å²) in [5.74, 6) is 0.196. The van der Waals surface area contributed by atoms with Gasteiger partial charge in [0.2, 0.25) is 0 Å². The fourth-order valence-electron chi connectivity index (χ4n) is 2.60. The van der Waals surface area contributed by atoms with Crippen molar-refractivity contribution < 1.29 is 14.6 Å². The molecule has 2 rings (SSSR count). The first-order valence-corrected chi connectivity index (χ1v) is 5.09. The summed E-state index contributed by atoms with van der Waals surface area (Å²) in [6.45, 7) is 5.53. The maximum absolute atomic E-state index is 9.78. The predicted molar refractivity (Wildman–Crippen MR) is 48.2 cm³/mol. The quantitative estimate of drug-likeness (QED) is 0.617. The average molecular weight is 186 g/mol. The van der Waals surface area contributed by atoms with E-state index < -0.39 is 0 Å². The van der Waals surface area contributed by atoms with Crippen LogP contribution in [0.15, 0.2) is 0 Å². The Morgan fingerprint density at radius 2 is 1.54 bits per heavy atom. The Kier molecular flexibility index (Phi) is 2.34. The Balaban J connectivity index is 2.08. The number of ether oxygens (including phenoxy) is 2. The van der Waals surface area contributed by atoms with Gasteiger partial charge in [0.1, 0.15) is 0 Å². The molecule has 0 bridgehead atoms. The van der Waals surface area contributed by atoms with Gasteiger partial charge in [-0.3, -0.25) is 0 Å². The van der Waals surface area contributed by atoms with Crippen LogP contribution < -0.4 is 0 Å². The molecule has 1 heterocycles. The van der Waals surface area contributed by atoms with Gasteiger partial charge in [0, 0.05) is 12.8 Å². The highest BCUT2D eigenvalue weighted by Gasteiger charge is 2.46. The van der Waals surface area contributed by atoms with Gasteiger partial charge in [-0.05, 0) is 11.8 Å². The molecule has 2 aliphatic rings. The van der Waals surface area contributed by atoms with Gasteiger partial charge < -0.3 is 14.6 Å². The molecular formula is C10H18O3. The van der Waals surface area contributed by atoms with Gasteiger partial charge >= 0.3 is 0 Å². The minimum atomic E-state index is -0.363. The van der Waals surface area contributed by atoms with Crippen molar-refractivity contribution in [3.05, 3.63) is 0 Å². The Bertz CT molecular complexity index is 173. The van der Waals surface area contributed by atoms with E-state index in [-0.39, 0.29) is 23.7 Å². The predicted octanol–water partition coefficient (Wildman–Crippen LogP) is 1.16. The van der Waals surface area contributed by atoms with Gasteiger partial charge in [0.15, 0.2) is 5.79 Å². The first kappa shape index (κ1) is 9.44. The second kappa shape index (κ2) is 3.23. The van der Waals surface area contributed by atoms with Crippen LogP contribution in [-0.4, -0.2) is 30.2 Å². The fourth-order valence-corrected chi connectivity index (χ4v) is 2.60. The van der Waals surface area contributed by atoms with Crippen molar-refractivity contribution in [2.75, 3.05) is 13.2 Å². The van der Waals surface area contributed by atoms with Crippen molar-refractivity contribution in [3.8, 4) is 0 Å². The molecule has 76 valence electrons. The zero-order valence-corrected chi connectivity index (χ0v) is 8.32. The smallest absolute Gasteiger partial charge is 0.169 e. The largest absolute Gasteiger partial charge is 0.393 e. The number of hydrogen-bond acceptors (Lipinski definition) is 3. The summed E-state index contributed by atoms with van der Waals surface area (Å²) < 4.78 is 11.3. The molecule has 1 N–H and O–H groups in total. The van der Waals surface area contributed by atoms with Crippen LogP contribution >= 0.6 is 0 Å². The minimum Gasteiger partial charge on any atom is -0.393 e. The fraction of sp³-hybridized carbons (Fsp3) is 1.00. The van der Waals surface area contributed by atoms with Crippen LogP contribution in [0.25, 0.3) is 0 Å². The van der Waals surface area contributed by atoms with Gasteiger partial charge in [-0.15, -0.1) is 0 Å². The van der Waals surface area contributed by atoms with E-state index in [0.717, 1.165) is 12.8 Å². The minimum absolute atomic E-state index is 0.196. The monoisotopic (exact) mass is 186 g/mol. The van der Waals surface area contributed by atoms with Crippen LogP contribution in [-0.2, 0) is 9.47 Å². The van der Waals surface area contributed by atoms with Crippen molar-refractivity contribution >= 4 is 0 Å². The summed E-state index contributed by atoms with van der Waals surface area (Å²) in [6.07, 6.45) is 1.47. The second-order valence-corrected chi connectivity index (χ2v) is 4.46. The molecule has 13 heavy (non-hydrogen) atoms. The van der Waals surface area contributed by atoms with Gasteiger partial charge in [0.25, 0.3) is 0 Å². The lowest BCUT2D eigenvalue weighted by atomic mass is 9.77. The molecule has 1 aliphatic carbocycles. The average Bonchev–Trinajstić information content (AvgIpc) is 2.49. The first-order chi connectivity index (χ1) is 6.13. The van der Waals surface area contributed by atoms with Gasteiger partial charge in [-0.1, -0.05) is 13.8 Å². The van der Waals surface area contributed by atoms with Crippen LogP contribution in [0, 0.1) is 11.8 Å². The van der Waals surface area contributed by atoms with E-state index in [1.807, 2.05) is 0 Å². The lowest BCUT2D eigenvalue weighted by molar-refractivity contribution is -0.213. The SMILES string of the molecule is C[C@@H]1CC2(C[C@H](C)C1O)OCCO2. The molecule has 0 amide bonds. The third-order valence-electron chi connectivity index (χ3n) is 3.25. The molecule has 1 spiro atoms. The summed E-state index contributed by atoms with van der Waals surface area (Å²) in [7, 11) is 0. The van der Waals surface area contributed by atoms with Crippen molar-refractivity contribution in [1.82, 2.24) is 0 Å². The lowest BCUT2D eigenvalue weighted by Crippen LogP contribution is -2.45. The topological polar surface area (TPSA) is 38.7 Å². The van der Waals surface area contributed by atoms with Crippen LogP contribution in [0.5, 0.6) is 0 Å². The molecular weight excluding hydrogens is 168 g/mol. The van der Waals surface area contributed by atoms with Crippen molar-refractivity contribution in [3.63, 3.8) is 0 Å². The van der Waals surface area contributed by atoms with E-state index in [9.17, 15) is 5.11 Å². The Hall–Kier alpha value is -0.120. The van der Waals surface area contributed by atoms with Crippen molar-refractivity contribution in [2.45, 2.75) is 38.6 Å². The van der Waals surface area contributed by atoms with Crippen molar-refractivity contribution in [1.29, 1.82) is 0 Å². The highest BCUT2D eigenvalue weighted by Crippen LogP contribution is 2.41. The molecule has 1 saturated heterocycles. The Labute approximate surface area is 79.0 Å². The summed E-state index contributed by atoms with van der Waals surface area (Å²) >= 11 is 0. The normalized spacial score (nSPS) is 44.1. The molecule has 3 heteroatoms. The van der Waals surface area contributed by atoms with E-state index in [1.165, 1.54) is 0 Å². The molecule has 0 aromatic carbocycles. The van der Waals surface area contributed by atoms with Crippen LogP contribution in [0.1, 0.15) is 26.7 Å². The third kappa shape index (κ3) is 1.60. The van der Waals surface area contributed by atoms with E-state index in [1.54, 1.807) is 0 Å². The molecule has 0 radical (unpaired) electrons. The van der Waals surface area contributed by atoms with E-state index >= 15 is 0 Å². The maximum Gasteiger partial charge on any atom is 0.169 e. The first-order valence-electron chi connectivity index (χ1n) is 5.09. The molecule has 1 saturated carbocycles. The summed E-state index contributed by atoms with van der Waals surface area (Å²) in [5.41, 5.74) is 0. The zero-order valence-electron chi connectivity index (χ0n) is 8.32. The highest BCUT2D eigenvalue weighted by molar-refractivity contribution is 4.89. The second-order valence-electron chi connectivity index (χ2n) is 4.46. The van der Waals surface area contributed by atoms with E-state index in [4.69, 9.17) is 9.47 Å². The summed E-state index contributed by atoms with van der Waals surface area (Å²) in [5, 5.41) is 9.78. The van der Waals surface area contributed by atoms with Crippen LogP contribution in [0.2, 0.25) is 0 Å². The number of rotatable bonds is 0. The molecule has 3 nitrogen and oxygen atoms in total. The molecule has 2 fully saturated rings. The molecule has 0 aromatic heterocycles. The van der Waals surface area contributed by atoms with Gasteiger partial charge in [-0.25, -0.2) is 0 Å². The Morgan fingerprint density at radius 3 is 2.00 bits per heavy atom. The van der Waals surface area contributed by atoms with Crippen LogP contribution in [0.3, 0.4) is 0 Å². The summed E-state index contributed by atoms with van der Waals surface area (Å²) in [4.78, 5) is 0. The van der Waals surface area contributed by atoms with Crippen LogP contribution in [0.4, 0.5) is 0 Å².